The van der Waals surface area contributed by atoms with Gasteiger partial charge >= 0.3 is 12.1 Å². The molecule has 1 heterocycles. The first-order chi connectivity index (χ1) is 15.6. The number of anilines is 1. The second kappa shape index (κ2) is 10.9. The number of nitrogens with zero attached hydrogens (tertiary/aromatic N) is 1. The summed E-state index contributed by atoms with van der Waals surface area (Å²) in [7, 11) is -4.54. The Morgan fingerprint density at radius 2 is 1.76 bits per heavy atom. The molecule has 0 aliphatic heterocycles. The molecule has 1 amide bonds. The molecule has 2 N–H and O–H groups in total. The normalized spacial score (nSPS) is 13.9. The molecule has 14 heteroatoms. The lowest BCUT2D eigenvalue weighted by Crippen LogP contribution is -2.47. The van der Waals surface area contributed by atoms with Crippen LogP contribution in [0.1, 0.15) is 26.3 Å². The van der Waals surface area contributed by atoms with Crippen molar-refractivity contribution < 1.29 is 35.9 Å². The molecule has 8 nitrogen and oxygen atoms in total. The highest BCUT2D eigenvalue weighted by atomic mass is 35.5. The van der Waals surface area contributed by atoms with E-state index in [9.17, 15) is 31.2 Å². The van der Waals surface area contributed by atoms with Crippen LogP contribution in [0, 0.1) is 5.92 Å². The lowest BCUT2D eigenvalue weighted by Gasteiger charge is -2.23. The zero-order valence-electron chi connectivity index (χ0n) is 18.0. The molecular formula is C20H20Cl2F3N3O5S. The van der Waals surface area contributed by atoms with E-state index in [1.807, 2.05) is 4.72 Å². The first kappa shape index (κ1) is 27.8. The highest BCUT2D eigenvalue weighted by molar-refractivity contribution is 7.89. The minimum atomic E-state index is -4.76. The fraction of sp³-hybridized carbons (Fsp3) is 0.350. The predicted octanol–water partition coefficient (Wildman–Crippen LogP) is 4.28. The number of carbonyl (C=O) groups excluding carboxylic acids is 2. The van der Waals surface area contributed by atoms with Crippen molar-refractivity contribution >= 4 is 50.9 Å². The van der Waals surface area contributed by atoms with Gasteiger partial charge in [-0.05, 0) is 37.1 Å². The van der Waals surface area contributed by atoms with Gasteiger partial charge in [-0.3, -0.25) is 9.59 Å². The zero-order valence-corrected chi connectivity index (χ0v) is 20.3. The molecule has 1 aromatic carbocycles. The molecule has 2 aromatic rings. The summed E-state index contributed by atoms with van der Waals surface area (Å²) in [5.74, 6) is -2.63. The summed E-state index contributed by atoms with van der Waals surface area (Å²) in [5, 5.41) is 2.61. The van der Waals surface area contributed by atoms with Gasteiger partial charge in [-0.2, -0.15) is 17.9 Å². The van der Waals surface area contributed by atoms with Gasteiger partial charge in [-0.1, -0.05) is 43.1 Å². The van der Waals surface area contributed by atoms with Crippen LogP contribution in [0.3, 0.4) is 0 Å². The summed E-state index contributed by atoms with van der Waals surface area (Å²) in [6.07, 6.45) is -4.91. The van der Waals surface area contributed by atoms with Crippen LogP contribution in [0.4, 0.5) is 19.0 Å². The second-order valence-corrected chi connectivity index (χ2v) is 9.98. The van der Waals surface area contributed by atoms with Crippen LogP contribution in [-0.4, -0.2) is 37.4 Å². The maximum atomic E-state index is 12.9. The number of rotatable bonds is 8. The first-order valence-corrected chi connectivity index (χ1v) is 11.9. The molecule has 0 saturated heterocycles. The topological polar surface area (TPSA) is 114 Å². The van der Waals surface area contributed by atoms with Crippen molar-refractivity contribution in [3.8, 4) is 0 Å². The zero-order chi connectivity index (χ0) is 25.8. The van der Waals surface area contributed by atoms with E-state index in [1.54, 1.807) is 0 Å². The molecule has 0 radical (unpaired) electrons. The number of halogens is 5. The molecule has 0 fully saturated rings. The molecular weight excluding hydrogens is 522 g/mol. The molecule has 1 aromatic heterocycles. The third-order valence-corrected chi connectivity index (χ3v) is 6.32. The van der Waals surface area contributed by atoms with Crippen molar-refractivity contribution in [1.29, 1.82) is 0 Å². The fourth-order valence-electron chi connectivity index (χ4n) is 2.56. The Morgan fingerprint density at radius 3 is 2.32 bits per heavy atom. The van der Waals surface area contributed by atoms with E-state index in [1.165, 1.54) is 33.0 Å². The number of ether oxygens (including phenoxy) is 1. The largest absolute Gasteiger partial charge is 0.451 e. The standard InChI is InChI=1S/C20H20Cl2F3N3O5S/c1-10(2)16(28-34(31,32)14-6-4-5-12(7-14)20(23,24)25)19(30)33-11(3)18(29)27-17-15(22)8-13(21)9-26-17/h4-11,16,28H,1-3H3,(H,26,27,29)/t11-,16-/m0/s1. The van der Waals surface area contributed by atoms with Gasteiger partial charge in [0, 0.05) is 6.20 Å². The van der Waals surface area contributed by atoms with E-state index in [0.29, 0.717) is 6.07 Å². The van der Waals surface area contributed by atoms with Crippen LogP contribution in [0.2, 0.25) is 10.0 Å². The van der Waals surface area contributed by atoms with Gasteiger partial charge in [0.25, 0.3) is 5.91 Å². The number of hydrogen-bond acceptors (Lipinski definition) is 6. The van der Waals surface area contributed by atoms with Crippen molar-refractivity contribution in [1.82, 2.24) is 9.71 Å². The number of alkyl halides is 3. The minimum Gasteiger partial charge on any atom is -0.451 e. The number of hydrogen-bond donors (Lipinski definition) is 2. The molecule has 0 aliphatic carbocycles. The van der Waals surface area contributed by atoms with Crippen molar-refractivity contribution in [2.45, 2.75) is 44.0 Å². The van der Waals surface area contributed by atoms with Crippen LogP contribution < -0.4 is 10.0 Å². The van der Waals surface area contributed by atoms with Crippen LogP contribution in [0.5, 0.6) is 0 Å². The van der Waals surface area contributed by atoms with E-state index in [-0.39, 0.29) is 15.9 Å². The molecule has 186 valence electrons. The van der Waals surface area contributed by atoms with E-state index in [2.05, 4.69) is 10.3 Å². The van der Waals surface area contributed by atoms with Gasteiger partial charge in [-0.15, -0.1) is 0 Å². The summed E-state index contributed by atoms with van der Waals surface area (Å²) in [4.78, 5) is 28.1. The van der Waals surface area contributed by atoms with Gasteiger partial charge in [0.05, 0.1) is 20.5 Å². The highest BCUT2D eigenvalue weighted by Gasteiger charge is 2.34. The lowest BCUT2D eigenvalue weighted by atomic mass is 10.1. The molecule has 2 rings (SSSR count). The molecule has 0 saturated carbocycles. The summed E-state index contributed by atoms with van der Waals surface area (Å²) in [6.45, 7) is 4.21. The van der Waals surface area contributed by atoms with E-state index in [4.69, 9.17) is 27.9 Å². The molecule has 0 unspecified atom stereocenters. The summed E-state index contributed by atoms with van der Waals surface area (Å²) in [5.41, 5.74) is -1.17. The molecule has 0 spiro atoms. The number of amides is 1. The van der Waals surface area contributed by atoms with Gasteiger partial charge in [0.15, 0.2) is 11.9 Å². The maximum Gasteiger partial charge on any atom is 0.416 e. The van der Waals surface area contributed by atoms with Gasteiger partial charge in [0.2, 0.25) is 10.0 Å². The Kier molecular flexibility index (Phi) is 8.92. The predicted molar refractivity (Wildman–Crippen MR) is 119 cm³/mol. The van der Waals surface area contributed by atoms with E-state index >= 15 is 0 Å². The lowest BCUT2D eigenvalue weighted by molar-refractivity contribution is -0.155. The minimum absolute atomic E-state index is 0.0354. The monoisotopic (exact) mass is 541 g/mol. The van der Waals surface area contributed by atoms with Crippen LogP contribution in [-0.2, 0) is 30.5 Å². The Labute approximate surface area is 203 Å². The maximum absolute atomic E-state index is 12.9. The Hall–Kier alpha value is -2.41. The number of pyridine rings is 1. The number of benzene rings is 1. The van der Waals surface area contributed by atoms with Crippen LogP contribution >= 0.6 is 23.2 Å². The SMILES string of the molecule is CC(C)[C@H](NS(=O)(=O)c1cccc(C(F)(F)F)c1)C(=O)O[C@@H](C)C(=O)Nc1ncc(Cl)cc1Cl. The van der Waals surface area contributed by atoms with E-state index < -0.39 is 56.6 Å². The number of aromatic nitrogens is 1. The van der Waals surface area contributed by atoms with Gasteiger partial charge in [0.1, 0.15) is 6.04 Å². The molecule has 2 atom stereocenters. The number of nitrogens with one attached hydrogen (secondary N) is 2. The average Bonchev–Trinajstić information content (AvgIpc) is 2.73. The van der Waals surface area contributed by atoms with Crippen molar-refractivity contribution in [3.05, 3.63) is 52.1 Å². The Bertz CT molecular complexity index is 1180. The van der Waals surface area contributed by atoms with Crippen molar-refractivity contribution in [3.63, 3.8) is 0 Å². The quantitative estimate of drug-likeness (QED) is 0.482. The third kappa shape index (κ3) is 7.29. The van der Waals surface area contributed by atoms with Crippen LogP contribution in [0.15, 0.2) is 41.4 Å². The van der Waals surface area contributed by atoms with E-state index in [0.717, 1.165) is 18.2 Å². The fourth-order valence-corrected chi connectivity index (χ4v) is 4.36. The van der Waals surface area contributed by atoms with Crippen LogP contribution in [0.25, 0.3) is 0 Å². The number of esters is 1. The summed E-state index contributed by atoms with van der Waals surface area (Å²) in [6, 6.07) is 2.90. The highest BCUT2D eigenvalue weighted by Crippen LogP contribution is 2.30. The third-order valence-electron chi connectivity index (χ3n) is 4.39. The number of carbonyl (C=O) groups is 2. The summed E-state index contributed by atoms with van der Waals surface area (Å²) < 4.78 is 71.3. The number of sulfonamides is 1. The smallest absolute Gasteiger partial charge is 0.416 e. The average molecular weight is 542 g/mol. The Balaban J connectivity index is 2.15. The molecule has 0 bridgehead atoms. The Morgan fingerprint density at radius 1 is 1.12 bits per heavy atom. The summed E-state index contributed by atoms with van der Waals surface area (Å²) >= 11 is 11.7. The molecule has 34 heavy (non-hydrogen) atoms. The van der Waals surface area contributed by atoms with Crippen molar-refractivity contribution in [2.75, 3.05) is 5.32 Å². The van der Waals surface area contributed by atoms with Gasteiger partial charge in [-0.25, -0.2) is 13.4 Å². The van der Waals surface area contributed by atoms with Gasteiger partial charge < -0.3 is 10.1 Å². The second-order valence-electron chi connectivity index (χ2n) is 7.42. The molecule has 0 aliphatic rings. The first-order valence-electron chi connectivity index (χ1n) is 9.64. The van der Waals surface area contributed by atoms with Crippen molar-refractivity contribution in [2.24, 2.45) is 5.92 Å².